The number of fused-ring (bicyclic) bond motifs is 3. The van der Waals surface area contributed by atoms with Crippen molar-refractivity contribution in [2.45, 2.75) is 102 Å². The molecule has 0 bridgehead atoms. The van der Waals surface area contributed by atoms with Crippen LogP contribution in [0.4, 0.5) is 0 Å². The lowest BCUT2D eigenvalue weighted by molar-refractivity contribution is -0.405. The highest BCUT2D eigenvalue weighted by molar-refractivity contribution is 5.25. The standard InChI is InChI=1S/C28H47N3O7/c1-18-11-22-27(15-36-24(2,3)38-22)23-20(8-9-26(27,32)12-18)28(37-17-34-6)10-7-19(14-30-31-29)25(28,4)13-21(23)35-16-33-5/h18-23,32H,7-17H2,1-6H3/t18-,19+,20?,21?,22+,23?,25+,26-,27+,28-/m0/s1. The van der Waals surface area contributed by atoms with Crippen LogP contribution >= 0.6 is 0 Å². The van der Waals surface area contributed by atoms with Gasteiger partial charge < -0.3 is 33.5 Å². The van der Waals surface area contributed by atoms with E-state index in [9.17, 15) is 5.11 Å². The zero-order chi connectivity index (χ0) is 27.4. The Morgan fingerprint density at radius 2 is 1.84 bits per heavy atom. The Bertz CT molecular complexity index is 930. The van der Waals surface area contributed by atoms with E-state index >= 15 is 0 Å². The van der Waals surface area contributed by atoms with Gasteiger partial charge in [-0.25, -0.2) is 0 Å². The molecule has 0 radical (unpaired) electrons. The maximum absolute atomic E-state index is 12.6. The molecule has 10 atom stereocenters. The number of azide groups is 1. The molecule has 4 saturated carbocycles. The van der Waals surface area contributed by atoms with Crippen molar-refractivity contribution in [3.63, 3.8) is 0 Å². The molecule has 5 aliphatic rings. The molecular weight excluding hydrogens is 490 g/mol. The minimum atomic E-state index is -0.930. The van der Waals surface area contributed by atoms with Gasteiger partial charge in [-0.05, 0) is 82.1 Å². The first kappa shape index (κ1) is 28.6. The number of methoxy groups -OCH3 is 2. The third-order valence-electron chi connectivity index (χ3n) is 11.3. The maximum Gasteiger partial charge on any atom is 0.163 e. The first-order valence-corrected chi connectivity index (χ1v) is 14.3. The largest absolute Gasteiger partial charge is 0.389 e. The Labute approximate surface area is 226 Å². The monoisotopic (exact) mass is 537 g/mol. The number of ether oxygens (including phenoxy) is 6. The summed E-state index contributed by atoms with van der Waals surface area (Å²) in [4.78, 5) is 3.08. The van der Waals surface area contributed by atoms with Crippen LogP contribution in [0.1, 0.15) is 72.6 Å². The molecule has 1 N–H and O–H groups in total. The summed E-state index contributed by atoms with van der Waals surface area (Å²) in [5.74, 6) is -0.199. The lowest BCUT2D eigenvalue weighted by Crippen LogP contribution is -2.78. The second-order valence-corrected chi connectivity index (χ2v) is 13.4. The van der Waals surface area contributed by atoms with Gasteiger partial charge in [0.05, 0.1) is 35.4 Å². The highest BCUT2D eigenvalue weighted by atomic mass is 16.7. The predicted molar refractivity (Wildman–Crippen MR) is 139 cm³/mol. The Morgan fingerprint density at radius 3 is 2.55 bits per heavy atom. The number of rotatable bonds is 8. The number of hydrogen-bond acceptors (Lipinski definition) is 8. The molecule has 5 rings (SSSR count). The van der Waals surface area contributed by atoms with Crippen LogP contribution < -0.4 is 0 Å². The molecular formula is C28H47N3O7. The molecule has 0 aromatic carbocycles. The predicted octanol–water partition coefficient (Wildman–Crippen LogP) is 4.79. The van der Waals surface area contributed by atoms with Gasteiger partial charge in [0.15, 0.2) is 5.79 Å². The van der Waals surface area contributed by atoms with E-state index in [0.29, 0.717) is 31.9 Å². The van der Waals surface area contributed by atoms with Crippen molar-refractivity contribution in [2.24, 2.45) is 39.6 Å². The van der Waals surface area contributed by atoms with E-state index in [1.54, 1.807) is 14.2 Å². The van der Waals surface area contributed by atoms with Crippen molar-refractivity contribution in [1.82, 2.24) is 0 Å². The van der Waals surface area contributed by atoms with E-state index in [0.717, 1.165) is 32.1 Å². The molecule has 5 fully saturated rings. The average Bonchev–Trinajstić information content (AvgIpc) is 3.14. The first-order chi connectivity index (χ1) is 18.0. The summed E-state index contributed by atoms with van der Waals surface area (Å²) in [6, 6.07) is 0. The van der Waals surface area contributed by atoms with Crippen molar-refractivity contribution in [3.8, 4) is 0 Å². The molecule has 38 heavy (non-hydrogen) atoms. The SMILES string of the molecule is COCOC1C[C@]2(C)[C@@H](CN=[N+]=[N-])CC[C@]2(OCOC)C2CC[C@]3(O)C[C@@H](C)C[C@H]4OC(C)(C)OC[C@]43C12. The lowest BCUT2D eigenvalue weighted by Gasteiger charge is -2.71. The summed E-state index contributed by atoms with van der Waals surface area (Å²) in [6.07, 6.45) is 5.16. The maximum atomic E-state index is 12.6. The van der Waals surface area contributed by atoms with Crippen molar-refractivity contribution in [3.05, 3.63) is 10.4 Å². The summed E-state index contributed by atoms with van der Waals surface area (Å²) < 4.78 is 37.5. The van der Waals surface area contributed by atoms with Gasteiger partial charge >= 0.3 is 0 Å². The van der Waals surface area contributed by atoms with E-state index in [1.807, 2.05) is 13.8 Å². The summed E-state index contributed by atoms with van der Waals surface area (Å²) in [7, 11) is 3.30. The fourth-order valence-electron chi connectivity index (χ4n) is 9.86. The highest BCUT2D eigenvalue weighted by Crippen LogP contribution is 2.72. The van der Waals surface area contributed by atoms with Crippen molar-refractivity contribution >= 4 is 0 Å². The van der Waals surface area contributed by atoms with Crippen LogP contribution in [0.15, 0.2) is 5.11 Å². The minimum Gasteiger partial charge on any atom is -0.389 e. The van der Waals surface area contributed by atoms with E-state index in [4.69, 9.17) is 34.0 Å². The Balaban J connectivity index is 1.66. The summed E-state index contributed by atoms with van der Waals surface area (Å²) in [5.41, 5.74) is 6.75. The fraction of sp³-hybridized carbons (Fsp3) is 1.00. The van der Waals surface area contributed by atoms with Gasteiger partial charge in [-0.3, -0.25) is 0 Å². The second kappa shape index (κ2) is 10.1. The van der Waals surface area contributed by atoms with Gasteiger partial charge in [-0.1, -0.05) is 19.0 Å². The molecule has 4 aliphatic carbocycles. The van der Waals surface area contributed by atoms with E-state index in [1.165, 1.54) is 0 Å². The minimum absolute atomic E-state index is 0.0619. The van der Waals surface area contributed by atoms with Gasteiger partial charge in [0.1, 0.15) is 13.6 Å². The van der Waals surface area contributed by atoms with Gasteiger partial charge in [0.2, 0.25) is 0 Å². The van der Waals surface area contributed by atoms with Crippen LogP contribution in [0.5, 0.6) is 0 Å². The van der Waals surface area contributed by atoms with Crippen molar-refractivity contribution in [2.75, 3.05) is 41.0 Å². The quantitative estimate of drug-likeness (QED) is 0.204. The van der Waals surface area contributed by atoms with Crippen LogP contribution in [0.25, 0.3) is 10.4 Å². The first-order valence-electron chi connectivity index (χ1n) is 14.3. The topological polar surface area (TPSA) is 124 Å². The van der Waals surface area contributed by atoms with Crippen LogP contribution in [0, 0.1) is 34.5 Å². The van der Waals surface area contributed by atoms with Gasteiger partial charge in [0, 0.05) is 37.0 Å². The molecule has 1 saturated heterocycles. The molecule has 0 aromatic heterocycles. The molecule has 1 aliphatic heterocycles. The van der Waals surface area contributed by atoms with E-state index in [2.05, 4.69) is 23.9 Å². The fourth-order valence-corrected chi connectivity index (χ4v) is 9.86. The van der Waals surface area contributed by atoms with E-state index in [-0.39, 0.29) is 49.0 Å². The summed E-state index contributed by atoms with van der Waals surface area (Å²) in [6.45, 7) is 9.63. The Kier molecular flexibility index (Phi) is 7.62. The van der Waals surface area contributed by atoms with Gasteiger partial charge in [0.25, 0.3) is 0 Å². The molecule has 0 aromatic rings. The zero-order valence-corrected chi connectivity index (χ0v) is 24.0. The molecule has 0 amide bonds. The number of nitrogens with zero attached hydrogens (tertiary/aromatic N) is 3. The van der Waals surface area contributed by atoms with Crippen LogP contribution in [0.2, 0.25) is 0 Å². The lowest BCUT2D eigenvalue weighted by atomic mass is 9.39. The van der Waals surface area contributed by atoms with Crippen LogP contribution in [-0.4, -0.2) is 75.3 Å². The average molecular weight is 538 g/mol. The van der Waals surface area contributed by atoms with Crippen LogP contribution in [-0.2, 0) is 28.4 Å². The summed E-state index contributed by atoms with van der Waals surface area (Å²) in [5, 5.41) is 16.6. The smallest absolute Gasteiger partial charge is 0.163 e. The Hall–Kier alpha value is -0.970. The number of hydrogen-bond donors (Lipinski definition) is 1. The molecule has 1 spiro atoms. The molecule has 10 heteroatoms. The Morgan fingerprint density at radius 1 is 1.08 bits per heavy atom. The third-order valence-corrected chi connectivity index (χ3v) is 11.3. The number of aliphatic hydroxyl groups is 1. The zero-order valence-electron chi connectivity index (χ0n) is 24.0. The van der Waals surface area contributed by atoms with Crippen molar-refractivity contribution < 1.29 is 33.5 Å². The van der Waals surface area contributed by atoms with Gasteiger partial charge in [-0.15, -0.1) is 0 Å². The van der Waals surface area contributed by atoms with E-state index < -0.39 is 22.4 Å². The van der Waals surface area contributed by atoms with Gasteiger partial charge in [-0.2, -0.15) is 0 Å². The van der Waals surface area contributed by atoms with Crippen LogP contribution in [0.3, 0.4) is 0 Å². The molecule has 10 nitrogen and oxygen atoms in total. The molecule has 1 heterocycles. The normalized spacial score (nSPS) is 49.2. The summed E-state index contributed by atoms with van der Waals surface area (Å²) >= 11 is 0. The molecule has 216 valence electrons. The molecule has 3 unspecified atom stereocenters. The highest BCUT2D eigenvalue weighted by Gasteiger charge is 2.77. The third kappa shape index (κ3) is 4.05. The van der Waals surface area contributed by atoms with Crippen molar-refractivity contribution in [1.29, 1.82) is 0 Å². The second-order valence-electron chi connectivity index (χ2n) is 13.4.